The number of aliphatic hydroxyl groups excluding tert-OH is 1. The standard InChI is InChI=1S/C20H18ClN3O2.C2H4N2O2/c21-15-6-9-19(22-12-15)24-13-17(25)11-18(24)14-4-7-16(8-5-14)23-10-2-1-3-20(23)26;3-2(6)4-1-5/h1-10,12,17-18,25H,11,13H2;1H,(H3,3,4,5,6)/t17-,18-;/m1./s1. The lowest BCUT2D eigenvalue weighted by atomic mass is 10.0. The minimum Gasteiger partial charge on any atom is -0.391 e. The minimum atomic E-state index is -0.829. The molecule has 3 heterocycles. The zero-order valence-corrected chi connectivity index (χ0v) is 17.7. The zero-order chi connectivity index (χ0) is 23.1. The van der Waals surface area contributed by atoms with Gasteiger partial charge in [-0.2, -0.15) is 0 Å². The van der Waals surface area contributed by atoms with Crippen LogP contribution < -0.4 is 21.5 Å². The Hall–Kier alpha value is -3.69. The number of imide groups is 1. The number of anilines is 1. The quantitative estimate of drug-likeness (QED) is 0.516. The van der Waals surface area contributed by atoms with Gasteiger partial charge in [-0.15, -0.1) is 0 Å². The van der Waals surface area contributed by atoms with Gasteiger partial charge >= 0.3 is 6.03 Å². The third kappa shape index (κ3) is 5.71. The average Bonchev–Trinajstić information content (AvgIpc) is 3.17. The molecular formula is C22H22ClN5O4. The highest BCUT2D eigenvalue weighted by Crippen LogP contribution is 2.35. The second-order valence-corrected chi connectivity index (χ2v) is 7.46. The third-order valence-electron chi connectivity index (χ3n) is 4.86. The molecule has 166 valence electrons. The Bertz CT molecular complexity index is 1120. The van der Waals surface area contributed by atoms with Crippen molar-refractivity contribution < 1.29 is 14.7 Å². The van der Waals surface area contributed by atoms with Crippen LogP contribution in [0.4, 0.5) is 10.6 Å². The fourth-order valence-corrected chi connectivity index (χ4v) is 3.59. The predicted octanol–water partition coefficient (Wildman–Crippen LogP) is 2.01. The van der Waals surface area contributed by atoms with Crippen molar-refractivity contribution >= 4 is 29.9 Å². The second-order valence-electron chi connectivity index (χ2n) is 7.02. The van der Waals surface area contributed by atoms with E-state index in [1.807, 2.05) is 36.4 Å². The molecule has 4 rings (SSSR count). The van der Waals surface area contributed by atoms with Gasteiger partial charge in [-0.05, 0) is 42.3 Å². The summed E-state index contributed by atoms with van der Waals surface area (Å²) in [5.74, 6) is 0.791. The molecular weight excluding hydrogens is 434 g/mol. The van der Waals surface area contributed by atoms with E-state index in [9.17, 15) is 19.5 Å². The van der Waals surface area contributed by atoms with Crippen molar-refractivity contribution in [2.75, 3.05) is 11.4 Å². The van der Waals surface area contributed by atoms with Gasteiger partial charge in [0.15, 0.2) is 0 Å². The van der Waals surface area contributed by atoms with Crippen molar-refractivity contribution in [3.8, 4) is 5.69 Å². The molecule has 2 atom stereocenters. The molecule has 1 aromatic carbocycles. The van der Waals surface area contributed by atoms with Gasteiger partial charge in [0.1, 0.15) is 5.82 Å². The summed E-state index contributed by atoms with van der Waals surface area (Å²) < 4.78 is 1.60. The maximum atomic E-state index is 12.0. The number of aliphatic hydroxyl groups is 1. The van der Waals surface area contributed by atoms with Crippen LogP contribution in [-0.4, -0.2) is 39.7 Å². The smallest absolute Gasteiger partial charge is 0.318 e. The van der Waals surface area contributed by atoms with E-state index in [0.717, 1.165) is 17.1 Å². The van der Waals surface area contributed by atoms with Crippen molar-refractivity contribution in [2.24, 2.45) is 5.73 Å². The van der Waals surface area contributed by atoms with Crippen LogP contribution in [0.2, 0.25) is 5.02 Å². The van der Waals surface area contributed by atoms with Crippen LogP contribution >= 0.6 is 11.6 Å². The van der Waals surface area contributed by atoms with Gasteiger partial charge in [-0.1, -0.05) is 29.8 Å². The number of halogens is 1. The number of amides is 3. The van der Waals surface area contributed by atoms with E-state index < -0.39 is 12.1 Å². The zero-order valence-electron chi connectivity index (χ0n) is 17.0. The SMILES string of the molecule is NC(=O)NC=O.O=c1ccccn1-c1ccc([C@H]2C[C@@H](O)CN2c2ccc(Cl)cn2)cc1. The first-order chi connectivity index (χ1) is 15.4. The number of hydrogen-bond donors (Lipinski definition) is 3. The number of nitrogens with two attached hydrogens (primary N) is 1. The normalized spacial score (nSPS) is 17.2. The summed E-state index contributed by atoms with van der Waals surface area (Å²) >= 11 is 5.93. The minimum absolute atomic E-state index is 0.0280. The lowest BCUT2D eigenvalue weighted by Gasteiger charge is -2.26. The Morgan fingerprint density at radius 1 is 1.19 bits per heavy atom. The molecule has 1 aliphatic heterocycles. The summed E-state index contributed by atoms with van der Waals surface area (Å²) in [7, 11) is 0. The van der Waals surface area contributed by atoms with Gasteiger partial charge in [0.25, 0.3) is 5.56 Å². The first kappa shape index (κ1) is 23.0. The molecule has 0 aliphatic carbocycles. The number of urea groups is 1. The van der Waals surface area contributed by atoms with E-state index in [-0.39, 0.29) is 18.0 Å². The third-order valence-corrected chi connectivity index (χ3v) is 5.09. The van der Waals surface area contributed by atoms with Crippen LogP contribution in [0.25, 0.3) is 5.69 Å². The van der Waals surface area contributed by atoms with Crippen LogP contribution in [0.1, 0.15) is 18.0 Å². The lowest BCUT2D eigenvalue weighted by Crippen LogP contribution is -2.27. The van der Waals surface area contributed by atoms with Crippen molar-refractivity contribution in [1.82, 2.24) is 14.9 Å². The number of nitrogens with zero attached hydrogens (tertiary/aromatic N) is 3. The number of primary amides is 1. The number of rotatable bonds is 4. The molecule has 3 amide bonds. The van der Waals surface area contributed by atoms with Crippen LogP contribution in [0, 0.1) is 0 Å². The molecule has 2 aromatic heterocycles. The number of aromatic nitrogens is 2. The highest BCUT2D eigenvalue weighted by molar-refractivity contribution is 6.30. The van der Waals surface area contributed by atoms with Gasteiger partial charge in [-0.3, -0.25) is 19.5 Å². The number of pyridine rings is 2. The molecule has 0 saturated carbocycles. The second kappa shape index (κ2) is 10.6. The van der Waals surface area contributed by atoms with E-state index >= 15 is 0 Å². The largest absolute Gasteiger partial charge is 0.391 e. The number of carbonyl (C=O) groups excluding carboxylic acids is 2. The number of β-amino-alcohol motifs (C(OH)–C–C–N with tert-alkyl or cyclic N) is 1. The van der Waals surface area contributed by atoms with Crippen LogP contribution in [0.3, 0.4) is 0 Å². The Morgan fingerprint density at radius 3 is 2.50 bits per heavy atom. The number of benzene rings is 1. The molecule has 0 bridgehead atoms. The van der Waals surface area contributed by atoms with E-state index in [2.05, 4.69) is 15.6 Å². The van der Waals surface area contributed by atoms with E-state index in [1.54, 1.807) is 34.4 Å². The average molecular weight is 456 g/mol. The number of nitrogens with one attached hydrogen (secondary N) is 1. The van der Waals surface area contributed by atoms with Gasteiger partial charge in [0, 0.05) is 30.7 Å². The molecule has 0 unspecified atom stereocenters. The summed E-state index contributed by atoms with van der Waals surface area (Å²) in [5, 5.41) is 12.4. The first-order valence-electron chi connectivity index (χ1n) is 9.73. The van der Waals surface area contributed by atoms with E-state index in [1.165, 1.54) is 6.07 Å². The van der Waals surface area contributed by atoms with Gasteiger partial charge < -0.3 is 15.7 Å². The molecule has 4 N–H and O–H groups in total. The number of hydrogen-bond acceptors (Lipinski definition) is 6. The monoisotopic (exact) mass is 455 g/mol. The summed E-state index contributed by atoms with van der Waals surface area (Å²) in [6.45, 7) is 0.527. The number of carbonyl (C=O) groups is 2. The maximum Gasteiger partial charge on any atom is 0.318 e. The Kier molecular flexibility index (Phi) is 7.58. The van der Waals surface area contributed by atoms with Gasteiger partial charge in [-0.25, -0.2) is 9.78 Å². The van der Waals surface area contributed by atoms with Gasteiger partial charge in [0.2, 0.25) is 6.41 Å². The summed E-state index contributed by atoms with van der Waals surface area (Å²) in [5.41, 5.74) is 6.24. The van der Waals surface area contributed by atoms with Gasteiger partial charge in [0.05, 0.1) is 17.2 Å². The highest BCUT2D eigenvalue weighted by Gasteiger charge is 2.32. The molecule has 10 heteroatoms. The van der Waals surface area contributed by atoms with Crippen LogP contribution in [0.5, 0.6) is 0 Å². The fraction of sp³-hybridized carbons (Fsp3) is 0.182. The molecule has 1 aliphatic rings. The van der Waals surface area contributed by atoms with Crippen molar-refractivity contribution in [2.45, 2.75) is 18.6 Å². The predicted molar refractivity (Wildman–Crippen MR) is 121 cm³/mol. The molecule has 3 aromatic rings. The van der Waals surface area contributed by atoms with E-state index in [0.29, 0.717) is 18.0 Å². The van der Waals surface area contributed by atoms with Crippen molar-refractivity contribution in [3.05, 3.63) is 87.9 Å². The van der Waals surface area contributed by atoms with Crippen LogP contribution in [-0.2, 0) is 4.79 Å². The summed E-state index contributed by atoms with van der Waals surface area (Å²) in [6.07, 6.45) is 3.82. The van der Waals surface area contributed by atoms with Crippen molar-refractivity contribution in [1.29, 1.82) is 0 Å². The van der Waals surface area contributed by atoms with Crippen LogP contribution in [0.15, 0.2) is 71.8 Å². The summed E-state index contributed by atoms with van der Waals surface area (Å²) in [6, 6.07) is 15.8. The maximum absolute atomic E-state index is 12.0. The molecule has 0 radical (unpaired) electrons. The molecule has 1 fully saturated rings. The highest BCUT2D eigenvalue weighted by atomic mass is 35.5. The Balaban J connectivity index is 0.000000427. The Labute approximate surface area is 189 Å². The Morgan fingerprint density at radius 2 is 1.94 bits per heavy atom. The van der Waals surface area contributed by atoms with E-state index in [4.69, 9.17) is 11.6 Å². The topological polar surface area (TPSA) is 131 Å². The lowest BCUT2D eigenvalue weighted by molar-refractivity contribution is -0.108. The summed E-state index contributed by atoms with van der Waals surface area (Å²) in [4.78, 5) is 37.1. The first-order valence-corrected chi connectivity index (χ1v) is 10.1. The molecule has 9 nitrogen and oxygen atoms in total. The van der Waals surface area contributed by atoms with Crippen molar-refractivity contribution in [3.63, 3.8) is 0 Å². The fourth-order valence-electron chi connectivity index (χ4n) is 3.48. The molecule has 1 saturated heterocycles. The molecule has 0 spiro atoms. The molecule has 32 heavy (non-hydrogen) atoms.